The highest BCUT2D eigenvalue weighted by Crippen LogP contribution is 2.23. The van der Waals surface area contributed by atoms with E-state index in [0.717, 1.165) is 0 Å². The van der Waals surface area contributed by atoms with Crippen LogP contribution in [0.25, 0.3) is 0 Å². The SMILES string of the molecule is CCOC(=O)C(N)C(=O)Nc1cc(C(=O)O)ccc1Cl. The summed E-state index contributed by atoms with van der Waals surface area (Å²) >= 11 is 5.83. The first-order valence-electron chi connectivity index (χ1n) is 5.62. The molecule has 0 fully saturated rings. The van der Waals surface area contributed by atoms with Crippen molar-refractivity contribution in [3.05, 3.63) is 28.8 Å². The van der Waals surface area contributed by atoms with Gasteiger partial charge in [0.1, 0.15) is 0 Å². The van der Waals surface area contributed by atoms with Crippen molar-refractivity contribution in [2.75, 3.05) is 11.9 Å². The quantitative estimate of drug-likeness (QED) is 0.548. The van der Waals surface area contributed by atoms with Crippen molar-refractivity contribution < 1.29 is 24.2 Å². The van der Waals surface area contributed by atoms with Gasteiger partial charge in [-0.15, -0.1) is 0 Å². The minimum atomic E-state index is -1.51. The normalized spacial score (nSPS) is 11.6. The Labute approximate surface area is 119 Å². The van der Waals surface area contributed by atoms with Crippen molar-refractivity contribution in [2.24, 2.45) is 5.73 Å². The standard InChI is InChI=1S/C12H13ClN2O5/c1-2-20-12(19)9(14)10(16)15-8-5-6(11(17)18)3-4-7(8)13/h3-5,9H,2,14H2,1H3,(H,15,16)(H,17,18). The molecule has 0 aromatic heterocycles. The molecule has 1 amide bonds. The van der Waals surface area contributed by atoms with Gasteiger partial charge in [-0.2, -0.15) is 0 Å². The fourth-order valence-electron chi connectivity index (χ4n) is 1.30. The van der Waals surface area contributed by atoms with E-state index in [-0.39, 0.29) is 22.9 Å². The number of amides is 1. The van der Waals surface area contributed by atoms with Crippen LogP contribution in [-0.2, 0) is 14.3 Å². The number of esters is 1. The first kappa shape index (κ1) is 15.9. The van der Waals surface area contributed by atoms with Gasteiger partial charge in [-0.05, 0) is 25.1 Å². The molecule has 0 aliphatic rings. The number of carboxylic acid groups (broad SMARTS) is 1. The molecular weight excluding hydrogens is 288 g/mol. The van der Waals surface area contributed by atoms with Crippen molar-refractivity contribution in [2.45, 2.75) is 13.0 Å². The summed E-state index contributed by atoms with van der Waals surface area (Å²) in [7, 11) is 0. The average molecular weight is 301 g/mol. The zero-order valence-electron chi connectivity index (χ0n) is 10.6. The lowest BCUT2D eigenvalue weighted by Crippen LogP contribution is -2.43. The Kier molecular flexibility index (Phi) is 5.48. The van der Waals surface area contributed by atoms with Crippen LogP contribution >= 0.6 is 11.6 Å². The number of carbonyl (C=O) groups is 3. The highest BCUT2D eigenvalue weighted by molar-refractivity contribution is 6.34. The number of hydrogen-bond donors (Lipinski definition) is 3. The predicted molar refractivity (Wildman–Crippen MR) is 71.6 cm³/mol. The van der Waals surface area contributed by atoms with Crippen LogP contribution in [0.2, 0.25) is 5.02 Å². The zero-order valence-corrected chi connectivity index (χ0v) is 11.3. The van der Waals surface area contributed by atoms with Gasteiger partial charge in [-0.3, -0.25) is 4.79 Å². The minimum absolute atomic E-state index is 0.0521. The lowest BCUT2D eigenvalue weighted by Gasteiger charge is -2.12. The molecule has 1 unspecified atom stereocenters. The number of aromatic carboxylic acids is 1. The molecule has 0 heterocycles. The molecule has 0 saturated heterocycles. The smallest absolute Gasteiger partial charge is 0.335 e. The van der Waals surface area contributed by atoms with Crippen LogP contribution in [0.3, 0.4) is 0 Å². The maximum absolute atomic E-state index is 11.7. The van der Waals surface area contributed by atoms with Crippen LogP contribution in [0.1, 0.15) is 17.3 Å². The summed E-state index contributed by atoms with van der Waals surface area (Å²) in [5.41, 5.74) is 5.39. The zero-order chi connectivity index (χ0) is 15.3. The van der Waals surface area contributed by atoms with E-state index in [1.54, 1.807) is 6.92 Å². The minimum Gasteiger partial charge on any atom is -0.478 e. The van der Waals surface area contributed by atoms with Crippen LogP contribution in [0, 0.1) is 0 Å². The van der Waals surface area contributed by atoms with E-state index in [1.807, 2.05) is 0 Å². The van der Waals surface area contributed by atoms with Gasteiger partial charge in [0.15, 0.2) is 6.04 Å². The molecule has 20 heavy (non-hydrogen) atoms. The van der Waals surface area contributed by atoms with E-state index in [1.165, 1.54) is 18.2 Å². The summed E-state index contributed by atoms with van der Waals surface area (Å²) in [6.45, 7) is 1.67. The Bertz CT molecular complexity index is 547. The van der Waals surface area contributed by atoms with Gasteiger partial charge in [0.2, 0.25) is 0 Å². The maximum atomic E-state index is 11.7. The number of hydrogen-bond acceptors (Lipinski definition) is 5. The predicted octanol–water partition coefficient (Wildman–Crippen LogP) is 0.867. The molecule has 108 valence electrons. The Morgan fingerprint density at radius 1 is 1.45 bits per heavy atom. The molecule has 0 spiro atoms. The Morgan fingerprint density at radius 3 is 2.65 bits per heavy atom. The third-order valence-electron chi connectivity index (χ3n) is 2.29. The van der Waals surface area contributed by atoms with Gasteiger partial charge in [-0.1, -0.05) is 11.6 Å². The highest BCUT2D eigenvalue weighted by Gasteiger charge is 2.24. The molecule has 1 aromatic carbocycles. The van der Waals surface area contributed by atoms with Gasteiger partial charge >= 0.3 is 11.9 Å². The van der Waals surface area contributed by atoms with Crippen molar-refractivity contribution in [3.63, 3.8) is 0 Å². The van der Waals surface area contributed by atoms with Crippen molar-refractivity contribution in [3.8, 4) is 0 Å². The number of rotatable bonds is 5. The first-order valence-corrected chi connectivity index (χ1v) is 6.00. The van der Waals surface area contributed by atoms with Gasteiger partial charge < -0.3 is 20.9 Å². The number of benzene rings is 1. The average Bonchev–Trinajstić information content (AvgIpc) is 2.40. The van der Waals surface area contributed by atoms with Crippen molar-refractivity contribution in [1.82, 2.24) is 0 Å². The third kappa shape index (κ3) is 3.94. The largest absolute Gasteiger partial charge is 0.478 e. The molecule has 1 atom stereocenters. The summed E-state index contributed by atoms with van der Waals surface area (Å²) < 4.78 is 4.60. The summed E-state index contributed by atoms with van der Waals surface area (Å²) in [6, 6.07) is 2.25. The molecule has 1 rings (SSSR count). The molecule has 8 heteroatoms. The number of carboxylic acids is 1. The molecule has 0 bridgehead atoms. The number of halogens is 1. The molecule has 4 N–H and O–H groups in total. The summed E-state index contributed by atoms with van der Waals surface area (Å²) in [4.78, 5) is 33.8. The van der Waals surface area contributed by atoms with Gasteiger partial charge in [0.25, 0.3) is 5.91 Å². The van der Waals surface area contributed by atoms with Gasteiger partial charge in [0, 0.05) is 0 Å². The Hall–Kier alpha value is -2.12. The van der Waals surface area contributed by atoms with E-state index in [2.05, 4.69) is 10.1 Å². The molecular formula is C12H13ClN2O5. The van der Waals surface area contributed by atoms with Gasteiger partial charge in [0.05, 0.1) is 22.9 Å². The van der Waals surface area contributed by atoms with Crippen LogP contribution in [0.5, 0.6) is 0 Å². The van der Waals surface area contributed by atoms with Crippen molar-refractivity contribution >= 4 is 35.1 Å². The lowest BCUT2D eigenvalue weighted by atomic mass is 10.2. The topological polar surface area (TPSA) is 119 Å². The Balaban J connectivity index is 2.87. The maximum Gasteiger partial charge on any atom is 0.335 e. The molecule has 0 saturated carbocycles. The number of carbonyl (C=O) groups excluding carboxylic acids is 2. The van der Waals surface area contributed by atoms with Crippen LogP contribution < -0.4 is 11.1 Å². The van der Waals surface area contributed by atoms with E-state index >= 15 is 0 Å². The number of nitrogens with two attached hydrogens (primary N) is 1. The summed E-state index contributed by atoms with van der Waals surface area (Å²) in [6.07, 6.45) is 0. The van der Waals surface area contributed by atoms with E-state index in [0.29, 0.717) is 0 Å². The van der Waals surface area contributed by atoms with Crippen LogP contribution in [0.15, 0.2) is 18.2 Å². The third-order valence-corrected chi connectivity index (χ3v) is 2.62. The number of nitrogens with one attached hydrogen (secondary N) is 1. The van der Waals surface area contributed by atoms with E-state index in [9.17, 15) is 14.4 Å². The molecule has 7 nitrogen and oxygen atoms in total. The van der Waals surface area contributed by atoms with E-state index < -0.39 is 23.9 Å². The first-order chi connectivity index (χ1) is 9.36. The second kappa shape index (κ2) is 6.88. The number of anilines is 1. The molecule has 0 aliphatic heterocycles. The van der Waals surface area contributed by atoms with E-state index in [4.69, 9.17) is 22.4 Å². The second-order valence-corrected chi connectivity index (χ2v) is 4.13. The van der Waals surface area contributed by atoms with Crippen molar-refractivity contribution in [1.29, 1.82) is 0 Å². The summed E-state index contributed by atoms with van der Waals surface area (Å²) in [5.74, 6) is -2.89. The van der Waals surface area contributed by atoms with Crippen LogP contribution in [-0.4, -0.2) is 35.6 Å². The molecule has 1 aromatic rings. The fourth-order valence-corrected chi connectivity index (χ4v) is 1.47. The fraction of sp³-hybridized carbons (Fsp3) is 0.250. The second-order valence-electron chi connectivity index (χ2n) is 3.72. The summed E-state index contributed by atoms with van der Waals surface area (Å²) in [5, 5.41) is 11.3. The van der Waals surface area contributed by atoms with Gasteiger partial charge in [-0.25, -0.2) is 9.59 Å². The highest BCUT2D eigenvalue weighted by atomic mass is 35.5. The Morgan fingerprint density at radius 2 is 2.10 bits per heavy atom. The monoisotopic (exact) mass is 300 g/mol. The molecule has 0 aliphatic carbocycles. The van der Waals surface area contributed by atoms with Crippen LogP contribution in [0.4, 0.5) is 5.69 Å². The molecule has 0 radical (unpaired) electrons. The lowest BCUT2D eigenvalue weighted by molar-refractivity contribution is -0.146. The number of ether oxygens (including phenoxy) is 1.